The van der Waals surface area contributed by atoms with Gasteiger partial charge in [-0.05, 0) is 93.1 Å². The Hall–Kier alpha value is -1.87. The number of carbonyl (C=O) groups is 2. The molecule has 0 amide bonds. The van der Waals surface area contributed by atoms with Crippen LogP contribution in [0.5, 0.6) is 0 Å². The maximum absolute atomic E-state index is 13.5. The summed E-state index contributed by atoms with van der Waals surface area (Å²) in [6.07, 6.45) is 13.0. The highest BCUT2D eigenvalue weighted by Gasteiger charge is 2.64. The van der Waals surface area contributed by atoms with E-state index in [1.807, 2.05) is 13.0 Å². The summed E-state index contributed by atoms with van der Waals surface area (Å²) in [5, 5.41) is 12.3. The molecule has 11 heteroatoms. The van der Waals surface area contributed by atoms with Crippen molar-refractivity contribution in [3.63, 3.8) is 0 Å². The van der Waals surface area contributed by atoms with E-state index in [0.717, 1.165) is 44.6 Å². The van der Waals surface area contributed by atoms with Gasteiger partial charge in [-0.2, -0.15) is 0 Å². The maximum atomic E-state index is 13.5. The summed E-state index contributed by atoms with van der Waals surface area (Å²) in [6, 6.07) is 0.802. The second kappa shape index (κ2) is 18.2. The van der Waals surface area contributed by atoms with Crippen LogP contribution in [0.1, 0.15) is 101 Å². The predicted molar refractivity (Wildman–Crippen MR) is 228 cm³/mol. The molecule has 4 aliphatic rings. The average Bonchev–Trinajstić information content (AvgIpc) is 3.32. The Morgan fingerprint density at radius 3 is 2.41 bits per heavy atom. The molecule has 0 unspecified atom stereocenters. The minimum Gasteiger partial charge on any atom is -0.465 e. The molecule has 1 spiro atoms. The molecule has 3 saturated heterocycles. The molecule has 3 aliphatic heterocycles. The zero-order chi connectivity index (χ0) is 42.0. The number of rotatable bonds is 14. The van der Waals surface area contributed by atoms with Crippen molar-refractivity contribution in [2.45, 2.75) is 187 Å². The van der Waals surface area contributed by atoms with Crippen molar-refractivity contribution in [2.75, 3.05) is 13.7 Å². The Morgan fingerprint density at radius 1 is 1.12 bits per heavy atom. The Balaban J connectivity index is 1.47. The lowest BCUT2D eigenvalue weighted by Crippen LogP contribution is -2.57. The Bertz CT molecular complexity index is 1520. The highest BCUT2D eigenvalue weighted by molar-refractivity contribution is 6.76. The SMILES string of the molecule is CO[C@@H]1C(C)=C[C@@H](C(=O)OCC[Si](C)(C)C)[C@]2(O)/C(=C/C=C\[C@H](C)C/C(C)=C/C[C@@H]3C[C@H](O[Si](C)(C)C(C)(C)C)C[C@]4(CC[C@H](C)[C@@H](C(C)C)O4)O3)C(=O)O[C@H]12. The molecular weight excluding hydrogens is 741 g/mol. The van der Waals surface area contributed by atoms with E-state index in [1.165, 1.54) is 12.7 Å². The van der Waals surface area contributed by atoms with Crippen molar-refractivity contribution in [3.05, 3.63) is 47.1 Å². The number of methoxy groups -OCH3 is 1. The summed E-state index contributed by atoms with van der Waals surface area (Å²) in [5.74, 6) is -1.90. The lowest BCUT2D eigenvalue weighted by molar-refractivity contribution is -0.338. The first-order valence-electron chi connectivity index (χ1n) is 21.2. The van der Waals surface area contributed by atoms with Gasteiger partial charge in [-0.3, -0.25) is 4.79 Å². The van der Waals surface area contributed by atoms with Gasteiger partial charge in [-0.15, -0.1) is 0 Å². The van der Waals surface area contributed by atoms with Crippen molar-refractivity contribution in [2.24, 2.45) is 23.7 Å². The van der Waals surface area contributed by atoms with Crippen LogP contribution in [0.15, 0.2) is 47.1 Å². The van der Waals surface area contributed by atoms with Gasteiger partial charge >= 0.3 is 11.9 Å². The van der Waals surface area contributed by atoms with Crippen LogP contribution in [0.2, 0.25) is 43.8 Å². The molecule has 3 fully saturated rings. The van der Waals surface area contributed by atoms with Gasteiger partial charge in [0.25, 0.3) is 0 Å². The standard InChI is InChI=1S/C45H76O9Si2/c1-29(2)38-32(5)21-22-44(53-38)28-35(54-56(14,15)43(7,8)9)27-34(52-44)20-19-31(4)25-30(3)17-16-18-36-42(47)51-40-39(49-10)33(6)26-37(45(36,40)48)41(46)50-23-24-55(11,12)13/h16-19,26,29-30,32,34-35,37-40,48H,20-25,27-28H2,1-15H3/b17-16-,31-19+,36-18+/t30-,32-,34+,35-,37-,38+,39+,40+,44+,45+/m0/s1. The van der Waals surface area contributed by atoms with Crippen LogP contribution in [0, 0.1) is 23.7 Å². The molecule has 318 valence electrons. The molecule has 4 rings (SSSR count). The number of ether oxygens (including phenoxy) is 5. The van der Waals surface area contributed by atoms with Crippen molar-refractivity contribution in [1.29, 1.82) is 0 Å². The molecule has 0 saturated carbocycles. The molecule has 3 heterocycles. The molecule has 9 nitrogen and oxygen atoms in total. The van der Waals surface area contributed by atoms with E-state index in [1.54, 1.807) is 18.2 Å². The number of carbonyl (C=O) groups excluding carboxylic acids is 2. The third kappa shape index (κ3) is 11.0. The van der Waals surface area contributed by atoms with Crippen molar-refractivity contribution >= 4 is 28.3 Å². The Morgan fingerprint density at radius 2 is 1.80 bits per heavy atom. The van der Waals surface area contributed by atoms with E-state index in [0.29, 0.717) is 17.4 Å². The van der Waals surface area contributed by atoms with Gasteiger partial charge in [0, 0.05) is 28.0 Å². The molecular formula is C45H76O9Si2. The second-order valence-electron chi connectivity index (χ2n) is 20.5. The second-order valence-corrected chi connectivity index (χ2v) is 30.9. The summed E-state index contributed by atoms with van der Waals surface area (Å²) >= 11 is 0. The van der Waals surface area contributed by atoms with Crippen LogP contribution < -0.4 is 0 Å². The summed E-state index contributed by atoms with van der Waals surface area (Å²) < 4.78 is 38.0. The Labute approximate surface area is 341 Å². The molecule has 56 heavy (non-hydrogen) atoms. The smallest absolute Gasteiger partial charge is 0.337 e. The van der Waals surface area contributed by atoms with Gasteiger partial charge in [0.05, 0.1) is 30.5 Å². The fraction of sp³-hybridized carbons (Fsp3) is 0.778. The van der Waals surface area contributed by atoms with Crippen LogP contribution in [0.25, 0.3) is 0 Å². The minimum atomic E-state index is -2.01. The van der Waals surface area contributed by atoms with Crippen LogP contribution in [0.3, 0.4) is 0 Å². The highest BCUT2D eigenvalue weighted by atomic mass is 28.4. The van der Waals surface area contributed by atoms with Gasteiger partial charge in [0.2, 0.25) is 0 Å². The van der Waals surface area contributed by atoms with Crippen LogP contribution in [-0.4, -0.2) is 89.1 Å². The molecule has 0 radical (unpaired) electrons. The van der Waals surface area contributed by atoms with Crippen molar-refractivity contribution in [1.82, 2.24) is 0 Å². The summed E-state index contributed by atoms with van der Waals surface area (Å²) in [6.45, 7) is 31.3. The molecule has 1 aliphatic carbocycles. The van der Waals surface area contributed by atoms with Crippen LogP contribution in [0.4, 0.5) is 0 Å². The molecule has 1 N–H and O–H groups in total. The maximum Gasteiger partial charge on any atom is 0.337 e. The fourth-order valence-corrected chi connectivity index (χ4v) is 10.7. The van der Waals surface area contributed by atoms with Gasteiger partial charge < -0.3 is 33.2 Å². The number of fused-ring (bicyclic) bond motifs is 1. The summed E-state index contributed by atoms with van der Waals surface area (Å²) in [5.41, 5.74) is 0.0698. The lowest BCUT2D eigenvalue weighted by atomic mass is 9.70. The largest absolute Gasteiger partial charge is 0.465 e. The summed E-state index contributed by atoms with van der Waals surface area (Å²) in [4.78, 5) is 26.8. The van der Waals surface area contributed by atoms with E-state index in [2.05, 4.69) is 94.2 Å². The monoisotopic (exact) mass is 817 g/mol. The van der Waals surface area contributed by atoms with E-state index in [-0.39, 0.29) is 41.4 Å². The van der Waals surface area contributed by atoms with E-state index in [4.69, 9.17) is 28.1 Å². The number of hydrogen-bond donors (Lipinski definition) is 1. The first kappa shape index (κ1) is 46.8. The average molecular weight is 817 g/mol. The first-order chi connectivity index (χ1) is 25.8. The number of aliphatic hydroxyl groups is 1. The number of esters is 2. The lowest BCUT2D eigenvalue weighted by Gasteiger charge is -2.52. The highest BCUT2D eigenvalue weighted by Crippen LogP contribution is 2.48. The molecule has 0 aromatic heterocycles. The zero-order valence-electron chi connectivity index (χ0n) is 37.5. The van der Waals surface area contributed by atoms with E-state index < -0.39 is 57.8 Å². The molecule has 0 aromatic carbocycles. The first-order valence-corrected chi connectivity index (χ1v) is 27.8. The van der Waals surface area contributed by atoms with Gasteiger partial charge in [0.15, 0.2) is 25.8 Å². The fourth-order valence-electron chi connectivity index (χ4n) is 8.60. The third-order valence-corrected chi connectivity index (χ3v) is 19.1. The summed E-state index contributed by atoms with van der Waals surface area (Å²) in [7, 11) is -1.95. The van der Waals surface area contributed by atoms with E-state index >= 15 is 0 Å². The normalized spacial score (nSPS) is 34.6. The van der Waals surface area contributed by atoms with E-state index in [9.17, 15) is 14.7 Å². The van der Waals surface area contributed by atoms with Gasteiger partial charge in [0.1, 0.15) is 12.0 Å². The number of allylic oxidation sites excluding steroid dienone is 4. The zero-order valence-corrected chi connectivity index (χ0v) is 39.5. The van der Waals surface area contributed by atoms with Gasteiger partial charge in [-0.25, -0.2) is 4.79 Å². The third-order valence-electron chi connectivity index (χ3n) is 12.9. The minimum absolute atomic E-state index is 0.00776. The van der Waals surface area contributed by atoms with Crippen LogP contribution in [-0.2, 0) is 37.7 Å². The predicted octanol–water partition coefficient (Wildman–Crippen LogP) is 9.70. The van der Waals surface area contributed by atoms with Crippen LogP contribution >= 0.6 is 0 Å². The Kier molecular flexibility index (Phi) is 15.2. The van der Waals surface area contributed by atoms with Crippen molar-refractivity contribution in [3.8, 4) is 0 Å². The molecule has 0 bridgehead atoms. The molecule has 0 aromatic rings. The number of hydrogen-bond acceptors (Lipinski definition) is 9. The quantitative estimate of drug-likeness (QED) is 0.0794. The molecule has 10 atom stereocenters. The van der Waals surface area contributed by atoms with Crippen molar-refractivity contribution < 1.29 is 42.8 Å². The topological polar surface area (TPSA) is 110 Å². The van der Waals surface area contributed by atoms with Gasteiger partial charge in [-0.1, -0.05) is 98.0 Å².